The van der Waals surface area contributed by atoms with Crippen molar-refractivity contribution in [2.24, 2.45) is 5.10 Å². The molecule has 0 atom stereocenters. The van der Waals surface area contributed by atoms with Gasteiger partial charge in [0, 0.05) is 17.7 Å². The fourth-order valence-corrected chi connectivity index (χ4v) is 2.65. The van der Waals surface area contributed by atoms with Gasteiger partial charge in [0.1, 0.15) is 11.6 Å². The molecule has 0 spiro atoms. The highest BCUT2D eigenvalue weighted by Gasteiger charge is 2.12. The minimum atomic E-state index is -0.702. The van der Waals surface area contributed by atoms with E-state index in [1.165, 1.54) is 60.8 Å². The van der Waals surface area contributed by atoms with Gasteiger partial charge in [-0.3, -0.25) is 19.7 Å². The lowest BCUT2D eigenvalue weighted by molar-refractivity contribution is -0.384. The minimum absolute atomic E-state index is 0.0800. The van der Waals surface area contributed by atoms with Crippen LogP contribution in [0, 0.1) is 15.9 Å². The number of esters is 1. The molecule has 0 unspecified atom stereocenters. The van der Waals surface area contributed by atoms with Gasteiger partial charge in [0.15, 0.2) is 0 Å². The Balaban J connectivity index is 1.50. The van der Waals surface area contributed by atoms with E-state index in [1.54, 1.807) is 12.1 Å². The van der Waals surface area contributed by atoms with Crippen LogP contribution in [-0.2, 0) is 4.79 Å². The number of carbonyl (C=O) groups excluding carboxylic acids is 3. The first-order valence-electron chi connectivity index (χ1n) is 9.74. The minimum Gasteiger partial charge on any atom is -0.423 e. The SMILES string of the molecule is O=C(CNC(=O)c1cccc(F)c1)NN=Cc1cccc(OC(=O)c2ccc([N+](=O)[O-])cc2)c1. The number of hydrogen-bond donors (Lipinski definition) is 2. The van der Waals surface area contributed by atoms with Crippen LogP contribution in [0.2, 0.25) is 0 Å². The lowest BCUT2D eigenvalue weighted by atomic mass is 10.2. The number of halogens is 1. The Kier molecular flexibility index (Phi) is 7.74. The number of nitrogens with one attached hydrogen (secondary N) is 2. The van der Waals surface area contributed by atoms with Gasteiger partial charge in [0.25, 0.3) is 17.5 Å². The van der Waals surface area contributed by atoms with Crippen LogP contribution in [0.15, 0.2) is 77.9 Å². The number of nitro benzene ring substituents is 1. The van der Waals surface area contributed by atoms with E-state index in [2.05, 4.69) is 15.8 Å². The molecular weight excluding hydrogens is 447 g/mol. The highest BCUT2D eigenvalue weighted by molar-refractivity contribution is 5.96. The standard InChI is InChI=1S/C23H17FN4O6/c24-18-5-2-4-17(12-18)22(30)25-14-21(29)27-26-13-15-3-1-6-20(11-15)34-23(31)16-7-9-19(10-8-16)28(32)33/h1-13H,14H2,(H,25,30)(H,27,29). The molecule has 0 aliphatic rings. The third-order valence-corrected chi connectivity index (χ3v) is 4.28. The van der Waals surface area contributed by atoms with Crippen LogP contribution in [0.5, 0.6) is 5.75 Å². The summed E-state index contributed by atoms with van der Waals surface area (Å²) < 4.78 is 18.4. The van der Waals surface area contributed by atoms with E-state index in [-0.39, 0.29) is 29.1 Å². The Labute approximate surface area is 192 Å². The Morgan fingerprint density at radius 3 is 2.44 bits per heavy atom. The molecule has 0 saturated carbocycles. The van der Waals surface area contributed by atoms with E-state index >= 15 is 0 Å². The summed E-state index contributed by atoms with van der Waals surface area (Å²) in [6.07, 6.45) is 1.30. The number of hydrazone groups is 1. The number of nitrogens with zero attached hydrogens (tertiary/aromatic N) is 2. The van der Waals surface area contributed by atoms with E-state index in [4.69, 9.17) is 4.74 Å². The van der Waals surface area contributed by atoms with Crippen molar-refractivity contribution in [3.8, 4) is 5.75 Å². The average molecular weight is 464 g/mol. The third kappa shape index (κ3) is 6.79. The molecule has 0 radical (unpaired) electrons. The number of hydrogen-bond acceptors (Lipinski definition) is 7. The summed E-state index contributed by atoms with van der Waals surface area (Å²) in [7, 11) is 0. The van der Waals surface area contributed by atoms with E-state index in [1.807, 2.05) is 0 Å². The maximum Gasteiger partial charge on any atom is 0.343 e. The Morgan fingerprint density at radius 1 is 1.00 bits per heavy atom. The molecule has 0 heterocycles. The summed E-state index contributed by atoms with van der Waals surface area (Å²) in [5.74, 6) is -2.29. The smallest absolute Gasteiger partial charge is 0.343 e. The maximum absolute atomic E-state index is 13.2. The molecule has 2 amide bonds. The molecule has 0 aromatic heterocycles. The number of benzene rings is 3. The molecule has 0 fully saturated rings. The lowest BCUT2D eigenvalue weighted by Gasteiger charge is -2.05. The van der Waals surface area contributed by atoms with Crippen LogP contribution in [0.1, 0.15) is 26.3 Å². The van der Waals surface area contributed by atoms with Crippen molar-refractivity contribution in [3.05, 3.63) is 105 Å². The van der Waals surface area contributed by atoms with Crippen molar-refractivity contribution in [3.63, 3.8) is 0 Å². The summed E-state index contributed by atoms with van der Waals surface area (Å²) in [4.78, 5) is 46.1. The molecule has 3 aromatic carbocycles. The van der Waals surface area contributed by atoms with E-state index in [0.29, 0.717) is 5.56 Å². The van der Waals surface area contributed by atoms with E-state index in [0.717, 1.165) is 6.07 Å². The summed E-state index contributed by atoms with van der Waals surface area (Å²) in [5.41, 5.74) is 2.80. The topological polar surface area (TPSA) is 140 Å². The molecule has 0 bridgehead atoms. The molecule has 172 valence electrons. The van der Waals surface area contributed by atoms with Crippen molar-refractivity contribution in [2.75, 3.05) is 6.54 Å². The number of amides is 2. The number of nitro groups is 1. The van der Waals surface area contributed by atoms with E-state index < -0.39 is 28.5 Å². The molecule has 10 nitrogen and oxygen atoms in total. The molecular formula is C23H17FN4O6. The van der Waals surface area contributed by atoms with Crippen molar-refractivity contribution in [2.45, 2.75) is 0 Å². The van der Waals surface area contributed by atoms with Crippen LogP contribution in [-0.4, -0.2) is 35.5 Å². The Morgan fingerprint density at radius 2 is 1.74 bits per heavy atom. The molecule has 0 aliphatic heterocycles. The zero-order chi connectivity index (χ0) is 24.5. The largest absolute Gasteiger partial charge is 0.423 e. The predicted octanol–water partition coefficient (Wildman–Crippen LogP) is 2.83. The summed E-state index contributed by atoms with van der Waals surface area (Å²) >= 11 is 0. The van der Waals surface area contributed by atoms with Gasteiger partial charge in [0.05, 0.1) is 23.2 Å². The van der Waals surface area contributed by atoms with Crippen molar-refractivity contribution in [1.29, 1.82) is 0 Å². The van der Waals surface area contributed by atoms with Crippen molar-refractivity contribution >= 4 is 29.7 Å². The summed E-state index contributed by atoms with van der Waals surface area (Å²) in [5, 5.41) is 16.8. The van der Waals surface area contributed by atoms with Crippen LogP contribution in [0.25, 0.3) is 0 Å². The molecule has 11 heteroatoms. The van der Waals surface area contributed by atoms with Crippen LogP contribution in [0.4, 0.5) is 10.1 Å². The van der Waals surface area contributed by atoms with Crippen LogP contribution in [0.3, 0.4) is 0 Å². The molecule has 2 N–H and O–H groups in total. The maximum atomic E-state index is 13.2. The summed E-state index contributed by atoms with van der Waals surface area (Å²) in [6, 6.07) is 16.3. The monoisotopic (exact) mass is 464 g/mol. The predicted molar refractivity (Wildman–Crippen MR) is 119 cm³/mol. The second-order valence-electron chi connectivity index (χ2n) is 6.75. The summed E-state index contributed by atoms with van der Waals surface area (Å²) in [6.45, 7) is -0.375. The normalized spacial score (nSPS) is 10.5. The first kappa shape index (κ1) is 23.7. The van der Waals surface area contributed by atoms with Crippen molar-refractivity contribution in [1.82, 2.24) is 10.7 Å². The first-order valence-corrected chi connectivity index (χ1v) is 9.74. The second-order valence-corrected chi connectivity index (χ2v) is 6.75. The van der Waals surface area contributed by atoms with E-state index in [9.17, 15) is 28.9 Å². The second kappa shape index (κ2) is 11.1. The zero-order valence-electron chi connectivity index (χ0n) is 17.4. The first-order chi connectivity index (χ1) is 16.3. The van der Waals surface area contributed by atoms with Crippen LogP contribution >= 0.6 is 0 Å². The number of carbonyl (C=O) groups is 3. The zero-order valence-corrected chi connectivity index (χ0v) is 17.4. The van der Waals surface area contributed by atoms with Gasteiger partial charge in [-0.05, 0) is 48.0 Å². The van der Waals surface area contributed by atoms with Gasteiger partial charge in [-0.25, -0.2) is 14.6 Å². The number of rotatable bonds is 8. The molecule has 0 saturated heterocycles. The highest BCUT2D eigenvalue weighted by Crippen LogP contribution is 2.16. The van der Waals surface area contributed by atoms with Gasteiger partial charge in [-0.2, -0.15) is 5.10 Å². The third-order valence-electron chi connectivity index (χ3n) is 4.28. The van der Waals surface area contributed by atoms with Crippen LogP contribution < -0.4 is 15.5 Å². The highest BCUT2D eigenvalue weighted by atomic mass is 19.1. The number of ether oxygens (including phenoxy) is 1. The molecule has 3 aromatic rings. The van der Waals surface area contributed by atoms with Gasteiger partial charge >= 0.3 is 5.97 Å². The van der Waals surface area contributed by atoms with Gasteiger partial charge in [-0.1, -0.05) is 18.2 Å². The molecule has 34 heavy (non-hydrogen) atoms. The fourth-order valence-electron chi connectivity index (χ4n) is 2.65. The molecule has 3 rings (SSSR count). The number of non-ortho nitro benzene ring substituents is 1. The fraction of sp³-hybridized carbons (Fsp3) is 0.0435. The Hall–Kier alpha value is -4.93. The van der Waals surface area contributed by atoms with Crippen molar-refractivity contribution < 1.29 is 28.4 Å². The van der Waals surface area contributed by atoms with Gasteiger partial charge in [0.2, 0.25) is 0 Å². The average Bonchev–Trinajstić information content (AvgIpc) is 2.83. The molecule has 0 aliphatic carbocycles. The van der Waals surface area contributed by atoms with Gasteiger partial charge < -0.3 is 10.1 Å². The van der Waals surface area contributed by atoms with Gasteiger partial charge in [-0.15, -0.1) is 0 Å². The Bertz CT molecular complexity index is 1260. The quantitative estimate of drug-likeness (QED) is 0.173. The lowest BCUT2D eigenvalue weighted by Crippen LogP contribution is -2.34.